The lowest BCUT2D eigenvalue weighted by atomic mass is 9.81. The summed E-state index contributed by atoms with van der Waals surface area (Å²) in [6.45, 7) is 11.3. The van der Waals surface area contributed by atoms with Gasteiger partial charge in [0.15, 0.2) is 0 Å². The van der Waals surface area contributed by atoms with Crippen LogP contribution in [0.5, 0.6) is 0 Å². The molecule has 0 fully saturated rings. The zero-order valence-electron chi connectivity index (χ0n) is 11.4. The predicted octanol–water partition coefficient (Wildman–Crippen LogP) is 4.57. The zero-order chi connectivity index (χ0) is 13.1. The zero-order valence-corrected chi connectivity index (χ0v) is 11.4. The van der Waals surface area contributed by atoms with Gasteiger partial charge in [-0.3, -0.25) is 0 Å². The number of azide groups is 1. The van der Waals surface area contributed by atoms with Gasteiger partial charge in [0.2, 0.25) is 0 Å². The quantitative estimate of drug-likeness (QED) is 0.415. The summed E-state index contributed by atoms with van der Waals surface area (Å²) in [6, 6.07) is 8.58. The molecule has 3 nitrogen and oxygen atoms in total. The minimum Gasteiger partial charge on any atom is -0.0931 e. The second-order valence-corrected chi connectivity index (χ2v) is 6.10. The Labute approximate surface area is 103 Å². The van der Waals surface area contributed by atoms with Gasteiger partial charge in [0.25, 0.3) is 0 Å². The van der Waals surface area contributed by atoms with Gasteiger partial charge in [-0.15, -0.1) is 0 Å². The SMILES string of the molecule is CC(C)(C)c1ccc(C(C)(C)CN=[N+]=[N-])cc1. The monoisotopic (exact) mass is 231 g/mol. The molecule has 0 amide bonds. The highest BCUT2D eigenvalue weighted by atomic mass is 15.1. The van der Waals surface area contributed by atoms with E-state index in [2.05, 4.69) is 68.9 Å². The van der Waals surface area contributed by atoms with Crippen LogP contribution in [0, 0.1) is 0 Å². The Kier molecular flexibility index (Phi) is 3.84. The molecule has 3 heteroatoms. The van der Waals surface area contributed by atoms with E-state index in [1.807, 2.05) is 0 Å². The van der Waals surface area contributed by atoms with Gasteiger partial charge in [-0.2, -0.15) is 0 Å². The van der Waals surface area contributed by atoms with Crippen molar-refractivity contribution in [1.29, 1.82) is 0 Å². The van der Waals surface area contributed by atoms with Gasteiger partial charge in [0, 0.05) is 11.5 Å². The van der Waals surface area contributed by atoms with Crippen molar-refractivity contribution in [2.24, 2.45) is 5.11 Å². The molecule has 0 spiro atoms. The van der Waals surface area contributed by atoms with Crippen LogP contribution in [0.1, 0.15) is 45.7 Å². The Hall–Kier alpha value is -1.47. The van der Waals surface area contributed by atoms with Gasteiger partial charge in [-0.1, -0.05) is 64.0 Å². The summed E-state index contributed by atoms with van der Waals surface area (Å²) >= 11 is 0. The highest BCUT2D eigenvalue weighted by Gasteiger charge is 2.20. The summed E-state index contributed by atoms with van der Waals surface area (Å²) in [5.74, 6) is 0. The molecule has 0 unspecified atom stereocenters. The average Bonchev–Trinajstić information content (AvgIpc) is 2.25. The molecule has 92 valence electrons. The van der Waals surface area contributed by atoms with Crippen LogP contribution in [0.3, 0.4) is 0 Å². The molecule has 0 saturated heterocycles. The minimum atomic E-state index is -0.108. The molecule has 1 rings (SSSR count). The standard InChI is InChI=1S/C14H21N3/c1-13(2,3)11-6-8-12(9-7-11)14(4,5)10-16-17-15/h6-9H,10H2,1-5H3. The molecule has 1 aromatic rings. The summed E-state index contributed by atoms with van der Waals surface area (Å²) in [4.78, 5) is 2.83. The van der Waals surface area contributed by atoms with E-state index < -0.39 is 0 Å². The van der Waals surface area contributed by atoms with Crippen LogP contribution in [0.15, 0.2) is 29.4 Å². The Morgan fingerprint density at radius 3 is 1.88 bits per heavy atom. The van der Waals surface area contributed by atoms with Crippen LogP contribution < -0.4 is 0 Å². The lowest BCUT2D eigenvalue weighted by Gasteiger charge is -2.25. The van der Waals surface area contributed by atoms with Gasteiger partial charge in [0.1, 0.15) is 0 Å². The maximum absolute atomic E-state index is 8.39. The van der Waals surface area contributed by atoms with E-state index in [-0.39, 0.29) is 10.8 Å². The van der Waals surface area contributed by atoms with Crippen LogP contribution in [0.2, 0.25) is 0 Å². The van der Waals surface area contributed by atoms with E-state index in [4.69, 9.17) is 5.53 Å². The van der Waals surface area contributed by atoms with Crippen molar-refractivity contribution >= 4 is 0 Å². The third-order valence-electron chi connectivity index (χ3n) is 3.06. The first-order valence-electron chi connectivity index (χ1n) is 5.89. The van der Waals surface area contributed by atoms with Crippen molar-refractivity contribution in [2.45, 2.75) is 45.4 Å². The third kappa shape index (κ3) is 3.50. The maximum atomic E-state index is 8.39. The second kappa shape index (κ2) is 4.80. The molecule has 0 radical (unpaired) electrons. The molecule has 0 heterocycles. The summed E-state index contributed by atoms with van der Waals surface area (Å²) in [6.07, 6.45) is 0. The minimum absolute atomic E-state index is 0.108. The first-order valence-corrected chi connectivity index (χ1v) is 5.89. The summed E-state index contributed by atoms with van der Waals surface area (Å²) in [7, 11) is 0. The van der Waals surface area contributed by atoms with Crippen LogP contribution >= 0.6 is 0 Å². The number of benzene rings is 1. The highest BCUT2D eigenvalue weighted by Crippen LogP contribution is 2.27. The van der Waals surface area contributed by atoms with Crippen LogP contribution in [0.25, 0.3) is 10.4 Å². The number of hydrogen-bond donors (Lipinski definition) is 0. The number of hydrogen-bond acceptors (Lipinski definition) is 1. The van der Waals surface area contributed by atoms with Gasteiger partial charge >= 0.3 is 0 Å². The fraction of sp³-hybridized carbons (Fsp3) is 0.571. The van der Waals surface area contributed by atoms with Crippen molar-refractivity contribution in [3.63, 3.8) is 0 Å². The lowest BCUT2D eigenvalue weighted by molar-refractivity contribution is 0.535. The van der Waals surface area contributed by atoms with Gasteiger partial charge < -0.3 is 0 Å². The third-order valence-corrected chi connectivity index (χ3v) is 3.06. The van der Waals surface area contributed by atoms with Gasteiger partial charge in [-0.05, 0) is 27.5 Å². The van der Waals surface area contributed by atoms with E-state index in [0.717, 1.165) is 0 Å². The van der Waals surface area contributed by atoms with E-state index in [9.17, 15) is 0 Å². The maximum Gasteiger partial charge on any atom is 0.0349 e. The van der Waals surface area contributed by atoms with E-state index >= 15 is 0 Å². The van der Waals surface area contributed by atoms with Gasteiger partial charge in [0.05, 0.1) is 0 Å². The Bertz CT molecular complexity index is 418. The predicted molar refractivity (Wildman–Crippen MR) is 72.2 cm³/mol. The largest absolute Gasteiger partial charge is 0.0931 e. The summed E-state index contributed by atoms with van der Waals surface area (Å²) < 4.78 is 0. The van der Waals surface area contributed by atoms with E-state index in [0.29, 0.717) is 6.54 Å². The smallest absolute Gasteiger partial charge is 0.0349 e. The van der Waals surface area contributed by atoms with Crippen LogP contribution in [0.4, 0.5) is 0 Å². The Morgan fingerprint density at radius 1 is 1.00 bits per heavy atom. The first-order chi connectivity index (χ1) is 7.77. The topological polar surface area (TPSA) is 48.8 Å². The van der Waals surface area contributed by atoms with Gasteiger partial charge in [-0.25, -0.2) is 0 Å². The molecule has 1 aromatic carbocycles. The molecular formula is C14H21N3. The average molecular weight is 231 g/mol. The van der Waals surface area contributed by atoms with Crippen molar-refractivity contribution in [1.82, 2.24) is 0 Å². The molecule has 0 aliphatic carbocycles. The number of rotatable bonds is 3. The number of nitrogens with zero attached hydrogens (tertiary/aromatic N) is 3. The Morgan fingerprint density at radius 2 is 1.47 bits per heavy atom. The fourth-order valence-electron chi connectivity index (χ4n) is 1.72. The molecule has 0 aliphatic rings. The molecule has 0 aliphatic heterocycles. The molecule has 17 heavy (non-hydrogen) atoms. The van der Waals surface area contributed by atoms with E-state index in [1.165, 1.54) is 11.1 Å². The summed E-state index contributed by atoms with van der Waals surface area (Å²) in [5, 5.41) is 3.67. The molecular weight excluding hydrogens is 210 g/mol. The van der Waals surface area contributed by atoms with Crippen molar-refractivity contribution in [3.8, 4) is 0 Å². The van der Waals surface area contributed by atoms with Crippen molar-refractivity contribution in [2.75, 3.05) is 6.54 Å². The normalized spacial score (nSPS) is 12.1. The van der Waals surface area contributed by atoms with E-state index in [1.54, 1.807) is 0 Å². The molecule has 0 atom stereocenters. The van der Waals surface area contributed by atoms with Crippen molar-refractivity contribution < 1.29 is 0 Å². The molecule has 0 N–H and O–H groups in total. The molecule has 0 aromatic heterocycles. The van der Waals surface area contributed by atoms with Crippen LogP contribution in [-0.2, 0) is 10.8 Å². The fourth-order valence-corrected chi connectivity index (χ4v) is 1.72. The molecule has 0 bridgehead atoms. The van der Waals surface area contributed by atoms with Crippen molar-refractivity contribution in [3.05, 3.63) is 45.8 Å². The van der Waals surface area contributed by atoms with Crippen LogP contribution in [-0.4, -0.2) is 6.54 Å². The molecule has 0 saturated carbocycles. The summed E-state index contributed by atoms with van der Waals surface area (Å²) in [5.41, 5.74) is 11.0. The second-order valence-electron chi connectivity index (χ2n) is 6.10. The highest BCUT2D eigenvalue weighted by molar-refractivity contribution is 5.31. The lowest BCUT2D eigenvalue weighted by Crippen LogP contribution is -2.21. The first kappa shape index (κ1) is 13.6. The Balaban J connectivity index is 2.98.